The van der Waals surface area contributed by atoms with Gasteiger partial charge in [0, 0.05) is 18.7 Å². The van der Waals surface area contributed by atoms with Crippen LogP contribution in [0.4, 0.5) is 11.6 Å². The van der Waals surface area contributed by atoms with E-state index in [2.05, 4.69) is 27.6 Å². The van der Waals surface area contributed by atoms with Crippen LogP contribution in [0.2, 0.25) is 0 Å². The summed E-state index contributed by atoms with van der Waals surface area (Å²) in [6.07, 6.45) is 9.47. The Hall–Kier alpha value is -3.92. The number of ether oxygens (including phenoxy) is 2. The predicted molar refractivity (Wildman–Crippen MR) is 152 cm³/mol. The molecule has 1 aromatic carbocycles. The number of rotatable bonds is 9. The van der Waals surface area contributed by atoms with E-state index in [1.54, 1.807) is 38.6 Å². The highest BCUT2D eigenvalue weighted by Crippen LogP contribution is 2.32. The lowest BCUT2D eigenvalue weighted by atomic mass is 10.0. The topological polar surface area (TPSA) is 111 Å². The molecule has 0 unspecified atom stereocenters. The Kier molecular flexibility index (Phi) is 7.83. The number of aryl methyl sites for hydroxylation is 1. The summed E-state index contributed by atoms with van der Waals surface area (Å²) in [5, 5.41) is 6.35. The maximum Gasteiger partial charge on any atom is 0.293 e. The second kappa shape index (κ2) is 11.4. The number of allylic oxidation sites excluding steroid dienone is 1. The minimum absolute atomic E-state index is 0.119. The van der Waals surface area contributed by atoms with Gasteiger partial charge in [0.2, 0.25) is 5.95 Å². The zero-order valence-corrected chi connectivity index (χ0v) is 23.0. The maximum atomic E-state index is 13.1. The van der Waals surface area contributed by atoms with Crippen LogP contribution < -0.4 is 25.7 Å². The van der Waals surface area contributed by atoms with Crippen molar-refractivity contribution in [1.82, 2.24) is 24.8 Å². The summed E-state index contributed by atoms with van der Waals surface area (Å²) in [4.78, 5) is 37.5. The summed E-state index contributed by atoms with van der Waals surface area (Å²) in [7, 11) is 5.35. The van der Waals surface area contributed by atoms with E-state index in [0.29, 0.717) is 57.8 Å². The molecule has 2 aliphatic rings. The number of aromatic nitrogens is 3. The van der Waals surface area contributed by atoms with Gasteiger partial charge in [-0.15, -0.1) is 0 Å². The standard InChI is InChI=1S/C29H36N6O4/c1-5-6-21-25-23(35(3)28(37)26(21)39-17-18-7-8-18)16-30-29(33-25)32-22-10-9-19(15-24(22)38-4)27(36)31-20-11-13-34(2)14-12-20/h5-6,9-10,15-16,18,20H,7-8,11-14,17H2,1-4H3,(H,31,36)(H,30,32,33). The lowest BCUT2D eigenvalue weighted by molar-refractivity contribution is 0.0916. The number of likely N-dealkylation sites (tertiary alicyclic amines) is 1. The molecule has 1 amide bonds. The molecular formula is C29H36N6O4. The Labute approximate surface area is 228 Å². The van der Waals surface area contributed by atoms with Crippen molar-refractivity contribution in [3.63, 3.8) is 0 Å². The molecule has 3 heterocycles. The van der Waals surface area contributed by atoms with Crippen LogP contribution in [0.3, 0.4) is 0 Å². The zero-order chi connectivity index (χ0) is 27.5. The van der Waals surface area contributed by atoms with E-state index in [9.17, 15) is 9.59 Å². The molecule has 1 saturated carbocycles. The molecule has 2 aromatic heterocycles. The Balaban J connectivity index is 1.41. The summed E-state index contributed by atoms with van der Waals surface area (Å²) in [6, 6.07) is 5.43. The fraction of sp³-hybridized carbons (Fsp3) is 0.448. The molecule has 2 N–H and O–H groups in total. The molecule has 0 radical (unpaired) electrons. The van der Waals surface area contributed by atoms with Crippen molar-refractivity contribution in [3.8, 4) is 11.5 Å². The van der Waals surface area contributed by atoms with Crippen molar-refractivity contribution in [2.75, 3.05) is 39.2 Å². The van der Waals surface area contributed by atoms with Crippen molar-refractivity contribution in [3.05, 3.63) is 52.0 Å². The van der Waals surface area contributed by atoms with Crippen molar-refractivity contribution >= 4 is 34.7 Å². The number of carbonyl (C=O) groups is 1. The van der Waals surface area contributed by atoms with Gasteiger partial charge in [0.15, 0.2) is 5.75 Å². The number of hydrogen-bond donors (Lipinski definition) is 2. The molecule has 0 atom stereocenters. The summed E-state index contributed by atoms with van der Waals surface area (Å²) < 4.78 is 13.1. The van der Waals surface area contributed by atoms with Gasteiger partial charge < -0.3 is 29.6 Å². The highest BCUT2D eigenvalue weighted by molar-refractivity contribution is 5.95. The van der Waals surface area contributed by atoms with Crippen LogP contribution in [-0.2, 0) is 7.05 Å². The van der Waals surface area contributed by atoms with Gasteiger partial charge >= 0.3 is 0 Å². The predicted octanol–water partition coefficient (Wildman–Crippen LogP) is 3.73. The Morgan fingerprint density at radius 1 is 1.18 bits per heavy atom. The third-order valence-electron chi connectivity index (χ3n) is 7.39. The molecular weight excluding hydrogens is 496 g/mol. The number of anilines is 2. The third kappa shape index (κ3) is 5.90. The van der Waals surface area contributed by atoms with Crippen LogP contribution in [-0.4, -0.2) is 65.2 Å². The van der Waals surface area contributed by atoms with E-state index in [1.165, 1.54) is 4.57 Å². The first kappa shape index (κ1) is 26.7. The molecule has 5 rings (SSSR count). The quantitative estimate of drug-likeness (QED) is 0.429. The fourth-order valence-electron chi connectivity index (χ4n) is 4.79. The van der Waals surface area contributed by atoms with Crippen molar-refractivity contribution in [2.24, 2.45) is 13.0 Å². The van der Waals surface area contributed by atoms with Gasteiger partial charge in [-0.25, -0.2) is 9.97 Å². The average Bonchev–Trinajstić information content (AvgIpc) is 3.77. The highest BCUT2D eigenvalue weighted by atomic mass is 16.5. The molecule has 1 saturated heterocycles. The smallest absolute Gasteiger partial charge is 0.293 e. The van der Waals surface area contributed by atoms with Gasteiger partial charge in [-0.3, -0.25) is 9.59 Å². The lowest BCUT2D eigenvalue weighted by Crippen LogP contribution is -2.43. The Morgan fingerprint density at radius 2 is 1.95 bits per heavy atom. The number of carbonyl (C=O) groups excluding carboxylic acids is 1. The molecule has 206 valence electrons. The summed E-state index contributed by atoms with van der Waals surface area (Å²) in [5.41, 5.74) is 2.77. The van der Waals surface area contributed by atoms with Gasteiger partial charge in [-0.05, 0) is 76.9 Å². The van der Waals surface area contributed by atoms with E-state index in [4.69, 9.17) is 14.5 Å². The lowest BCUT2D eigenvalue weighted by Gasteiger charge is -2.29. The average molecular weight is 533 g/mol. The van der Waals surface area contributed by atoms with Crippen LogP contribution in [0, 0.1) is 5.92 Å². The number of nitrogens with zero attached hydrogens (tertiary/aromatic N) is 4. The normalized spacial score (nSPS) is 16.5. The molecule has 0 spiro atoms. The number of benzene rings is 1. The number of pyridine rings is 1. The summed E-state index contributed by atoms with van der Waals surface area (Å²) in [6.45, 7) is 4.36. The number of nitrogens with one attached hydrogen (secondary N) is 2. The van der Waals surface area contributed by atoms with Crippen LogP contribution in [0.5, 0.6) is 11.5 Å². The molecule has 2 fully saturated rings. The SMILES string of the molecule is CC=Cc1c(OCC2CC2)c(=O)n(C)c2cnc(Nc3ccc(C(=O)NC4CCN(C)CC4)cc3OC)nc12. The minimum Gasteiger partial charge on any atom is -0.495 e. The first-order valence-corrected chi connectivity index (χ1v) is 13.5. The number of fused-ring (bicyclic) bond motifs is 1. The Morgan fingerprint density at radius 3 is 2.64 bits per heavy atom. The van der Waals surface area contributed by atoms with E-state index < -0.39 is 0 Å². The largest absolute Gasteiger partial charge is 0.495 e. The van der Waals surface area contributed by atoms with E-state index in [0.717, 1.165) is 38.8 Å². The van der Waals surface area contributed by atoms with Crippen molar-refractivity contribution < 1.29 is 14.3 Å². The van der Waals surface area contributed by atoms with Crippen molar-refractivity contribution in [1.29, 1.82) is 0 Å². The third-order valence-corrected chi connectivity index (χ3v) is 7.39. The molecule has 10 heteroatoms. The maximum absolute atomic E-state index is 13.1. The molecule has 0 bridgehead atoms. The highest BCUT2D eigenvalue weighted by Gasteiger charge is 2.25. The zero-order valence-electron chi connectivity index (χ0n) is 23.0. The minimum atomic E-state index is -0.212. The monoisotopic (exact) mass is 532 g/mol. The van der Waals surface area contributed by atoms with Crippen LogP contribution >= 0.6 is 0 Å². The Bertz CT molecular complexity index is 1450. The van der Waals surface area contributed by atoms with Gasteiger partial charge in [0.25, 0.3) is 11.5 Å². The molecule has 3 aromatic rings. The van der Waals surface area contributed by atoms with Crippen molar-refractivity contribution in [2.45, 2.75) is 38.6 Å². The summed E-state index contributed by atoms with van der Waals surface area (Å²) in [5.74, 6) is 1.52. The fourth-order valence-corrected chi connectivity index (χ4v) is 4.79. The number of hydrogen-bond acceptors (Lipinski definition) is 8. The van der Waals surface area contributed by atoms with E-state index >= 15 is 0 Å². The van der Waals surface area contributed by atoms with E-state index in [1.807, 2.05) is 19.1 Å². The molecule has 10 nitrogen and oxygen atoms in total. The van der Waals surface area contributed by atoms with Crippen LogP contribution in [0.25, 0.3) is 17.1 Å². The molecule has 1 aliphatic heterocycles. The van der Waals surface area contributed by atoms with Crippen LogP contribution in [0.1, 0.15) is 48.5 Å². The second-order valence-corrected chi connectivity index (χ2v) is 10.4. The summed E-state index contributed by atoms with van der Waals surface area (Å²) >= 11 is 0. The molecule has 39 heavy (non-hydrogen) atoms. The van der Waals surface area contributed by atoms with Gasteiger partial charge in [-0.1, -0.05) is 12.2 Å². The van der Waals surface area contributed by atoms with Gasteiger partial charge in [0.1, 0.15) is 11.3 Å². The number of piperidine rings is 1. The van der Waals surface area contributed by atoms with Gasteiger partial charge in [-0.2, -0.15) is 0 Å². The van der Waals surface area contributed by atoms with Gasteiger partial charge in [0.05, 0.1) is 36.7 Å². The number of amides is 1. The first-order chi connectivity index (χ1) is 18.9. The molecule has 1 aliphatic carbocycles. The second-order valence-electron chi connectivity index (χ2n) is 10.4. The number of methoxy groups -OCH3 is 1. The first-order valence-electron chi connectivity index (χ1n) is 13.5. The van der Waals surface area contributed by atoms with Crippen LogP contribution in [0.15, 0.2) is 35.3 Å². The van der Waals surface area contributed by atoms with E-state index in [-0.39, 0.29) is 17.5 Å².